The molecule has 0 spiro atoms. The van der Waals surface area contributed by atoms with E-state index in [0.29, 0.717) is 0 Å². The van der Waals surface area contributed by atoms with Crippen LogP contribution in [0.15, 0.2) is 90.4 Å². The van der Waals surface area contributed by atoms with Gasteiger partial charge in [-0.05, 0) is 60.0 Å². The number of nitrogens with zero attached hydrogens (tertiary/aromatic N) is 4. The van der Waals surface area contributed by atoms with Gasteiger partial charge >= 0.3 is 0 Å². The fourth-order valence-corrected chi connectivity index (χ4v) is 2.81. The Balaban J connectivity index is 1.49. The Morgan fingerprint density at radius 3 is 2.15 bits per heavy atom. The van der Waals surface area contributed by atoms with E-state index in [-0.39, 0.29) is 0 Å². The zero-order chi connectivity index (χ0) is 17.8. The maximum atomic E-state index is 4.56. The number of benzene rings is 2. The van der Waals surface area contributed by atoms with Gasteiger partial charge in [0, 0.05) is 36.7 Å². The van der Waals surface area contributed by atoms with Gasteiger partial charge in [0.1, 0.15) is 5.82 Å². The summed E-state index contributed by atoms with van der Waals surface area (Å²) in [4.78, 5) is 12.9. The van der Waals surface area contributed by atoms with Gasteiger partial charge in [0.15, 0.2) is 0 Å². The summed E-state index contributed by atoms with van der Waals surface area (Å²) < 4.78 is 2.05. The number of aromatic nitrogens is 3. The van der Waals surface area contributed by atoms with E-state index in [4.69, 9.17) is 0 Å². The predicted octanol–water partition coefficient (Wildman–Crippen LogP) is 4.99. The van der Waals surface area contributed by atoms with Crippen LogP contribution in [0.5, 0.6) is 0 Å². The minimum absolute atomic E-state index is 0.928. The summed E-state index contributed by atoms with van der Waals surface area (Å²) in [7, 11) is 0. The summed E-state index contributed by atoms with van der Waals surface area (Å²) in [5, 5.41) is 0. The second-order valence-electron chi connectivity index (χ2n) is 5.98. The van der Waals surface area contributed by atoms with Crippen molar-refractivity contribution >= 4 is 11.9 Å². The largest absolute Gasteiger partial charge is 0.304 e. The molecule has 0 N–H and O–H groups in total. The second-order valence-corrected chi connectivity index (χ2v) is 5.98. The van der Waals surface area contributed by atoms with Gasteiger partial charge < -0.3 is 4.57 Å². The maximum absolute atomic E-state index is 4.56. The third-order valence-electron chi connectivity index (χ3n) is 4.24. The number of aliphatic imine (C=N–C) groups is 1. The number of hydrogen-bond acceptors (Lipinski definition) is 3. The second kappa shape index (κ2) is 7.15. The van der Waals surface area contributed by atoms with Gasteiger partial charge in [0.05, 0.1) is 5.69 Å². The fraction of sp³-hybridized carbons (Fsp3) is 0.0455. The Morgan fingerprint density at radius 1 is 0.808 bits per heavy atom. The van der Waals surface area contributed by atoms with Crippen LogP contribution in [0.4, 0.5) is 5.69 Å². The lowest BCUT2D eigenvalue weighted by molar-refractivity contribution is 0.975. The molecule has 0 bridgehead atoms. The molecule has 126 valence electrons. The summed E-state index contributed by atoms with van der Waals surface area (Å²) in [5.41, 5.74) is 5.40. The first-order valence-corrected chi connectivity index (χ1v) is 8.44. The van der Waals surface area contributed by atoms with E-state index in [1.807, 2.05) is 43.6 Å². The molecule has 4 aromatic rings. The minimum Gasteiger partial charge on any atom is -0.304 e. The van der Waals surface area contributed by atoms with Crippen molar-refractivity contribution in [3.8, 4) is 16.8 Å². The lowest BCUT2D eigenvalue weighted by atomic mass is 10.1. The molecule has 0 aliphatic carbocycles. The smallest absolute Gasteiger partial charge is 0.110 e. The van der Waals surface area contributed by atoms with Crippen LogP contribution >= 0.6 is 0 Å². The molecular formula is C22H18N4. The highest BCUT2D eigenvalue weighted by Gasteiger charge is 2.00. The van der Waals surface area contributed by atoms with E-state index in [1.54, 1.807) is 18.6 Å². The van der Waals surface area contributed by atoms with Gasteiger partial charge in [-0.2, -0.15) is 0 Å². The number of pyridine rings is 1. The van der Waals surface area contributed by atoms with Crippen molar-refractivity contribution in [3.05, 3.63) is 96.8 Å². The van der Waals surface area contributed by atoms with Crippen molar-refractivity contribution in [3.63, 3.8) is 0 Å². The average Bonchev–Trinajstić information content (AvgIpc) is 3.14. The van der Waals surface area contributed by atoms with Crippen LogP contribution < -0.4 is 0 Å². The predicted molar refractivity (Wildman–Crippen MR) is 105 cm³/mol. The summed E-state index contributed by atoms with van der Waals surface area (Å²) in [6.07, 6.45) is 9.25. The zero-order valence-corrected chi connectivity index (χ0v) is 14.4. The summed E-state index contributed by atoms with van der Waals surface area (Å²) in [5.74, 6) is 0.973. The lowest BCUT2D eigenvalue weighted by Crippen LogP contribution is -1.95. The zero-order valence-electron chi connectivity index (χ0n) is 14.4. The SMILES string of the molecule is Cc1nccn1-c1ccc(C=Nc2ccc(-c3ccncc3)cc2)cc1. The quantitative estimate of drug-likeness (QED) is 0.492. The first-order chi connectivity index (χ1) is 12.8. The third-order valence-corrected chi connectivity index (χ3v) is 4.24. The van der Waals surface area contributed by atoms with Gasteiger partial charge in [-0.25, -0.2) is 4.98 Å². The highest BCUT2D eigenvalue weighted by molar-refractivity contribution is 5.82. The molecule has 0 aliphatic heterocycles. The van der Waals surface area contributed by atoms with E-state index in [2.05, 4.69) is 55.9 Å². The van der Waals surface area contributed by atoms with Crippen LogP contribution in [0, 0.1) is 6.92 Å². The molecule has 0 amide bonds. The van der Waals surface area contributed by atoms with E-state index in [1.165, 1.54) is 0 Å². The van der Waals surface area contributed by atoms with E-state index in [0.717, 1.165) is 33.9 Å². The monoisotopic (exact) mass is 338 g/mol. The molecular weight excluding hydrogens is 320 g/mol. The molecule has 0 radical (unpaired) electrons. The molecule has 2 aromatic heterocycles. The van der Waals surface area contributed by atoms with Gasteiger partial charge in [0.2, 0.25) is 0 Å². The number of rotatable bonds is 4. The van der Waals surface area contributed by atoms with Crippen LogP contribution in [0.1, 0.15) is 11.4 Å². The minimum atomic E-state index is 0.928. The summed E-state index contributed by atoms with van der Waals surface area (Å²) in [6, 6.07) is 20.5. The Hall–Kier alpha value is -3.53. The topological polar surface area (TPSA) is 43.1 Å². The molecule has 4 heteroatoms. The van der Waals surface area contributed by atoms with Crippen LogP contribution in [0.3, 0.4) is 0 Å². The van der Waals surface area contributed by atoms with Gasteiger partial charge in [-0.1, -0.05) is 24.3 Å². The number of hydrogen-bond donors (Lipinski definition) is 0. The van der Waals surface area contributed by atoms with Gasteiger partial charge in [0.25, 0.3) is 0 Å². The van der Waals surface area contributed by atoms with Crippen LogP contribution in [0.2, 0.25) is 0 Å². The Kier molecular flexibility index (Phi) is 4.39. The highest BCUT2D eigenvalue weighted by atomic mass is 15.1. The Bertz CT molecular complexity index is 1010. The highest BCUT2D eigenvalue weighted by Crippen LogP contribution is 2.22. The Morgan fingerprint density at radius 2 is 1.50 bits per heavy atom. The number of imidazole rings is 1. The molecule has 4 nitrogen and oxygen atoms in total. The molecule has 0 atom stereocenters. The first-order valence-electron chi connectivity index (χ1n) is 8.44. The van der Waals surface area contributed by atoms with Gasteiger partial charge in [-0.3, -0.25) is 9.98 Å². The van der Waals surface area contributed by atoms with Crippen molar-refractivity contribution in [1.82, 2.24) is 14.5 Å². The molecule has 4 rings (SSSR count). The van der Waals surface area contributed by atoms with Crippen molar-refractivity contribution < 1.29 is 0 Å². The van der Waals surface area contributed by atoms with Crippen molar-refractivity contribution in [2.24, 2.45) is 4.99 Å². The standard InChI is InChI=1S/C22H18N4/c1-17-24-14-15-26(17)22-8-2-18(3-9-22)16-25-21-6-4-19(5-7-21)20-10-12-23-13-11-20/h2-16H,1H3. The molecule has 2 aromatic carbocycles. The molecule has 0 saturated heterocycles. The average molecular weight is 338 g/mol. The maximum Gasteiger partial charge on any atom is 0.110 e. The van der Waals surface area contributed by atoms with Crippen molar-refractivity contribution in [1.29, 1.82) is 0 Å². The molecule has 26 heavy (non-hydrogen) atoms. The third kappa shape index (κ3) is 3.44. The van der Waals surface area contributed by atoms with Crippen LogP contribution in [-0.4, -0.2) is 20.7 Å². The van der Waals surface area contributed by atoms with Crippen LogP contribution in [-0.2, 0) is 0 Å². The molecule has 0 saturated carbocycles. The first kappa shape index (κ1) is 16.0. The molecule has 0 fully saturated rings. The van der Waals surface area contributed by atoms with Crippen molar-refractivity contribution in [2.45, 2.75) is 6.92 Å². The van der Waals surface area contributed by atoms with E-state index < -0.39 is 0 Å². The normalized spacial score (nSPS) is 11.1. The lowest BCUT2D eigenvalue weighted by Gasteiger charge is -2.05. The molecule has 0 unspecified atom stereocenters. The van der Waals surface area contributed by atoms with Crippen molar-refractivity contribution in [2.75, 3.05) is 0 Å². The van der Waals surface area contributed by atoms with Crippen LogP contribution in [0.25, 0.3) is 16.8 Å². The molecule has 0 aliphatic rings. The van der Waals surface area contributed by atoms with Gasteiger partial charge in [-0.15, -0.1) is 0 Å². The summed E-state index contributed by atoms with van der Waals surface area (Å²) in [6.45, 7) is 1.99. The van der Waals surface area contributed by atoms with E-state index in [9.17, 15) is 0 Å². The summed E-state index contributed by atoms with van der Waals surface area (Å²) >= 11 is 0. The number of aryl methyl sites for hydroxylation is 1. The Labute approximate surface area is 152 Å². The molecule has 2 heterocycles. The van der Waals surface area contributed by atoms with E-state index >= 15 is 0 Å². The fourth-order valence-electron chi connectivity index (χ4n) is 2.81.